The highest BCUT2D eigenvalue weighted by molar-refractivity contribution is 5.48. The van der Waals surface area contributed by atoms with Crippen molar-refractivity contribution in [2.75, 3.05) is 26.1 Å². The van der Waals surface area contributed by atoms with Gasteiger partial charge in [0.15, 0.2) is 0 Å². The van der Waals surface area contributed by atoms with Crippen LogP contribution in [-0.4, -0.2) is 36.8 Å². The van der Waals surface area contributed by atoms with Crippen LogP contribution in [0.1, 0.15) is 12.5 Å². The Bertz CT molecular complexity index is 318. The highest BCUT2D eigenvalue weighted by Crippen LogP contribution is 2.20. The normalized spacial score (nSPS) is 12.3. The molecule has 1 atom stereocenters. The molecule has 1 rings (SSSR count). The van der Waals surface area contributed by atoms with Crippen LogP contribution in [0.3, 0.4) is 0 Å². The zero-order valence-corrected chi connectivity index (χ0v) is 9.57. The molecule has 0 aliphatic rings. The Kier molecular flexibility index (Phi) is 4.30. The van der Waals surface area contributed by atoms with E-state index < -0.39 is 0 Å². The number of anilines is 1. The predicted molar refractivity (Wildman–Crippen MR) is 58.3 cm³/mol. The Labute approximate surface area is 89.8 Å². The lowest BCUT2D eigenvalue weighted by Gasteiger charge is -2.15. The standard InChI is InChI=1S/C10H17N3O2/c1-7(5-14-3)13-9-8(2)10(15-4)12-6-11-9/h6-7H,5H2,1-4H3,(H,11,12,13). The van der Waals surface area contributed by atoms with Crippen molar-refractivity contribution in [3.05, 3.63) is 11.9 Å². The number of hydrogen-bond donors (Lipinski definition) is 1. The van der Waals surface area contributed by atoms with E-state index in [0.717, 1.165) is 11.4 Å². The Morgan fingerprint density at radius 2 is 2.13 bits per heavy atom. The number of hydrogen-bond acceptors (Lipinski definition) is 5. The summed E-state index contributed by atoms with van der Waals surface area (Å²) in [4.78, 5) is 8.16. The summed E-state index contributed by atoms with van der Waals surface area (Å²) in [6.45, 7) is 4.57. The van der Waals surface area contributed by atoms with E-state index in [0.29, 0.717) is 12.5 Å². The van der Waals surface area contributed by atoms with E-state index in [-0.39, 0.29) is 6.04 Å². The Balaban J connectivity index is 2.76. The van der Waals surface area contributed by atoms with E-state index in [9.17, 15) is 0 Å². The van der Waals surface area contributed by atoms with Gasteiger partial charge in [0.1, 0.15) is 12.1 Å². The molecule has 1 unspecified atom stereocenters. The second-order valence-electron chi connectivity index (χ2n) is 3.36. The van der Waals surface area contributed by atoms with Crippen LogP contribution < -0.4 is 10.1 Å². The average molecular weight is 211 g/mol. The number of rotatable bonds is 5. The van der Waals surface area contributed by atoms with E-state index in [1.54, 1.807) is 14.2 Å². The van der Waals surface area contributed by atoms with Gasteiger partial charge in [0.25, 0.3) is 0 Å². The van der Waals surface area contributed by atoms with Gasteiger partial charge < -0.3 is 14.8 Å². The van der Waals surface area contributed by atoms with Crippen molar-refractivity contribution in [3.8, 4) is 5.88 Å². The van der Waals surface area contributed by atoms with Crippen molar-refractivity contribution < 1.29 is 9.47 Å². The molecule has 1 heterocycles. The molecule has 5 nitrogen and oxygen atoms in total. The summed E-state index contributed by atoms with van der Waals surface area (Å²) in [6.07, 6.45) is 1.48. The fourth-order valence-electron chi connectivity index (χ4n) is 1.31. The molecule has 0 aliphatic heterocycles. The third kappa shape index (κ3) is 3.06. The lowest BCUT2D eigenvalue weighted by atomic mass is 10.3. The fourth-order valence-corrected chi connectivity index (χ4v) is 1.31. The van der Waals surface area contributed by atoms with Gasteiger partial charge in [-0.3, -0.25) is 0 Å². The lowest BCUT2D eigenvalue weighted by molar-refractivity contribution is 0.190. The minimum atomic E-state index is 0.202. The lowest BCUT2D eigenvalue weighted by Crippen LogP contribution is -2.22. The highest BCUT2D eigenvalue weighted by atomic mass is 16.5. The van der Waals surface area contributed by atoms with Crippen molar-refractivity contribution in [2.45, 2.75) is 19.9 Å². The maximum atomic E-state index is 5.10. The molecule has 1 aromatic rings. The molecule has 0 saturated carbocycles. The van der Waals surface area contributed by atoms with Gasteiger partial charge in [0.05, 0.1) is 19.3 Å². The summed E-state index contributed by atoms with van der Waals surface area (Å²) >= 11 is 0. The van der Waals surface area contributed by atoms with Crippen molar-refractivity contribution >= 4 is 5.82 Å². The highest BCUT2D eigenvalue weighted by Gasteiger charge is 2.09. The van der Waals surface area contributed by atoms with E-state index in [1.807, 2.05) is 13.8 Å². The second kappa shape index (κ2) is 5.50. The monoisotopic (exact) mass is 211 g/mol. The summed E-state index contributed by atoms with van der Waals surface area (Å²) in [6, 6.07) is 0.202. The van der Waals surface area contributed by atoms with Gasteiger partial charge in [-0.15, -0.1) is 0 Å². The zero-order chi connectivity index (χ0) is 11.3. The predicted octanol–water partition coefficient (Wildman–Crippen LogP) is 1.24. The first-order valence-electron chi connectivity index (χ1n) is 4.80. The summed E-state index contributed by atoms with van der Waals surface area (Å²) in [5, 5.41) is 3.23. The number of ether oxygens (including phenoxy) is 2. The maximum Gasteiger partial charge on any atom is 0.221 e. The minimum absolute atomic E-state index is 0.202. The molecule has 84 valence electrons. The SMILES string of the molecule is COCC(C)Nc1ncnc(OC)c1C. The van der Waals surface area contributed by atoms with Crippen LogP contribution in [0.25, 0.3) is 0 Å². The molecular formula is C10H17N3O2. The molecule has 0 radical (unpaired) electrons. The number of nitrogens with zero attached hydrogens (tertiary/aromatic N) is 2. The van der Waals surface area contributed by atoms with Gasteiger partial charge in [-0.05, 0) is 13.8 Å². The molecule has 0 fully saturated rings. The van der Waals surface area contributed by atoms with Crippen molar-refractivity contribution in [1.82, 2.24) is 9.97 Å². The third-order valence-electron chi connectivity index (χ3n) is 2.03. The maximum absolute atomic E-state index is 5.10. The van der Waals surface area contributed by atoms with E-state index in [2.05, 4.69) is 15.3 Å². The second-order valence-corrected chi connectivity index (χ2v) is 3.36. The Hall–Kier alpha value is -1.36. The number of methoxy groups -OCH3 is 2. The van der Waals surface area contributed by atoms with E-state index in [1.165, 1.54) is 6.33 Å². The van der Waals surface area contributed by atoms with Gasteiger partial charge in [0.2, 0.25) is 5.88 Å². The molecule has 5 heteroatoms. The molecule has 1 aromatic heterocycles. The van der Waals surface area contributed by atoms with Crippen LogP contribution in [0.2, 0.25) is 0 Å². The topological polar surface area (TPSA) is 56.3 Å². The zero-order valence-electron chi connectivity index (χ0n) is 9.57. The third-order valence-corrected chi connectivity index (χ3v) is 2.03. The largest absolute Gasteiger partial charge is 0.481 e. The minimum Gasteiger partial charge on any atom is -0.481 e. The smallest absolute Gasteiger partial charge is 0.221 e. The van der Waals surface area contributed by atoms with Crippen molar-refractivity contribution in [1.29, 1.82) is 0 Å². The van der Waals surface area contributed by atoms with Gasteiger partial charge in [0, 0.05) is 13.2 Å². The Morgan fingerprint density at radius 1 is 1.40 bits per heavy atom. The molecular weight excluding hydrogens is 194 g/mol. The van der Waals surface area contributed by atoms with Crippen LogP contribution in [0.5, 0.6) is 5.88 Å². The number of aromatic nitrogens is 2. The molecule has 1 N–H and O–H groups in total. The molecule has 0 saturated heterocycles. The van der Waals surface area contributed by atoms with Crippen LogP contribution in [0.15, 0.2) is 6.33 Å². The molecule has 0 aromatic carbocycles. The van der Waals surface area contributed by atoms with Crippen molar-refractivity contribution in [3.63, 3.8) is 0 Å². The quantitative estimate of drug-likeness (QED) is 0.794. The van der Waals surface area contributed by atoms with Crippen LogP contribution in [0, 0.1) is 6.92 Å². The summed E-state index contributed by atoms with van der Waals surface area (Å²) in [5.41, 5.74) is 0.906. The van der Waals surface area contributed by atoms with Gasteiger partial charge >= 0.3 is 0 Å². The number of nitrogens with one attached hydrogen (secondary N) is 1. The molecule has 0 bridgehead atoms. The molecule has 15 heavy (non-hydrogen) atoms. The van der Waals surface area contributed by atoms with Gasteiger partial charge in [-0.25, -0.2) is 9.97 Å². The van der Waals surface area contributed by atoms with E-state index in [4.69, 9.17) is 9.47 Å². The molecule has 0 aliphatic carbocycles. The first kappa shape index (κ1) is 11.7. The average Bonchev–Trinajstić information content (AvgIpc) is 2.21. The van der Waals surface area contributed by atoms with Gasteiger partial charge in [-0.2, -0.15) is 0 Å². The van der Waals surface area contributed by atoms with Crippen LogP contribution in [0.4, 0.5) is 5.82 Å². The molecule has 0 spiro atoms. The summed E-state index contributed by atoms with van der Waals surface area (Å²) < 4.78 is 10.1. The first-order valence-corrected chi connectivity index (χ1v) is 4.80. The van der Waals surface area contributed by atoms with Crippen LogP contribution in [-0.2, 0) is 4.74 Å². The first-order chi connectivity index (χ1) is 7.19. The summed E-state index contributed by atoms with van der Waals surface area (Å²) in [5.74, 6) is 1.38. The molecule has 0 amide bonds. The fraction of sp³-hybridized carbons (Fsp3) is 0.600. The van der Waals surface area contributed by atoms with Crippen LogP contribution >= 0.6 is 0 Å². The van der Waals surface area contributed by atoms with Gasteiger partial charge in [-0.1, -0.05) is 0 Å². The summed E-state index contributed by atoms with van der Waals surface area (Å²) in [7, 11) is 3.27. The van der Waals surface area contributed by atoms with Crippen molar-refractivity contribution in [2.24, 2.45) is 0 Å². The van der Waals surface area contributed by atoms with E-state index >= 15 is 0 Å². The Morgan fingerprint density at radius 3 is 2.73 bits per heavy atom.